The van der Waals surface area contributed by atoms with Gasteiger partial charge in [-0.3, -0.25) is 28.8 Å². The smallest absolute Gasteiger partial charge is 0.184 e. The van der Waals surface area contributed by atoms with Crippen LogP contribution < -0.4 is 0 Å². The second kappa shape index (κ2) is 41.0. The van der Waals surface area contributed by atoms with E-state index in [1.54, 1.807) is 45.3 Å². The molecule has 12 aliphatic carbocycles. The number of hydrogen-bond donors (Lipinski definition) is 0. The normalized spacial score (nSPS) is 25.2. The summed E-state index contributed by atoms with van der Waals surface area (Å²) in [6.07, 6.45) is 19.4. The van der Waals surface area contributed by atoms with E-state index in [1.807, 2.05) is 71.1 Å². The zero-order chi connectivity index (χ0) is 107. The van der Waals surface area contributed by atoms with Crippen LogP contribution in [-0.2, 0) is 99.8 Å². The van der Waals surface area contributed by atoms with Gasteiger partial charge in [-0.2, -0.15) is 0 Å². The van der Waals surface area contributed by atoms with Crippen LogP contribution >= 0.6 is 111 Å². The van der Waals surface area contributed by atoms with Gasteiger partial charge in [-0.05, 0) is 174 Å². The molecule has 6 atom stereocenters. The molecule has 12 aliphatic rings. The Morgan fingerprint density at radius 1 is 0.284 bits per heavy atom. The van der Waals surface area contributed by atoms with Gasteiger partial charge in [0.15, 0.2) is 39.2 Å². The van der Waals surface area contributed by atoms with Crippen LogP contribution in [0.1, 0.15) is 345 Å². The van der Waals surface area contributed by atoms with Gasteiger partial charge in [0, 0.05) is 149 Å². The quantitative estimate of drug-likeness (QED) is 0.113. The molecule has 0 saturated heterocycles. The van der Waals surface area contributed by atoms with E-state index >= 15 is 0 Å². The van der Waals surface area contributed by atoms with E-state index in [0.717, 1.165) is 212 Å². The molecule has 12 aromatic rings. The molecule has 0 spiro atoms. The molecular formula is C127H137Br2ClN6O6S6. The summed E-state index contributed by atoms with van der Waals surface area (Å²) in [5.41, 5.74) is 33.3. The van der Waals surface area contributed by atoms with Crippen LogP contribution in [0, 0.1) is 39.4 Å². The third-order valence-corrected chi connectivity index (χ3v) is 41.3. The number of ketones is 6. The first-order valence-electron chi connectivity index (χ1n) is 53.9. The number of thiazole rings is 6. The van der Waals surface area contributed by atoms with E-state index in [9.17, 15) is 28.8 Å². The van der Waals surface area contributed by atoms with Gasteiger partial charge in [-0.1, -0.05) is 347 Å². The average molecular weight is 2230 g/mol. The highest BCUT2D eigenvalue weighted by molar-refractivity contribution is 9.10. The number of halogens is 3. The fourth-order valence-corrected chi connectivity index (χ4v) is 36.1. The van der Waals surface area contributed by atoms with Crippen molar-refractivity contribution in [1.82, 2.24) is 29.9 Å². The van der Waals surface area contributed by atoms with Gasteiger partial charge in [-0.25, -0.2) is 29.9 Å². The fourth-order valence-electron chi connectivity index (χ4n) is 28.5. The molecule has 12 nitrogen and oxygen atoms in total. The predicted molar refractivity (Wildman–Crippen MR) is 615 cm³/mol. The minimum Gasteiger partial charge on any atom is -0.294 e. The first-order valence-corrected chi connectivity index (χ1v) is 60.0. The molecule has 0 N–H and O–H groups in total. The van der Waals surface area contributed by atoms with E-state index in [4.69, 9.17) is 14.3 Å². The van der Waals surface area contributed by atoms with E-state index in [2.05, 4.69) is 303 Å². The van der Waals surface area contributed by atoms with Gasteiger partial charge < -0.3 is 0 Å². The highest BCUT2D eigenvalue weighted by atomic mass is 79.9. The third-order valence-electron chi connectivity index (χ3n) is 33.9. The van der Waals surface area contributed by atoms with E-state index in [0.29, 0.717) is 77.1 Å². The Hall–Kier alpha value is -9.19. The third kappa shape index (κ3) is 19.0. The zero-order valence-electron chi connectivity index (χ0n) is 91.0. The number of carbonyl (C=O) groups excluding carboxylic acids is 6. The average Bonchev–Trinajstić information content (AvgIpc) is 1.15. The Labute approximate surface area is 923 Å². The molecule has 0 fully saturated rings. The highest BCUT2D eigenvalue weighted by Crippen LogP contribution is 2.64. The van der Waals surface area contributed by atoms with Crippen molar-refractivity contribution in [2.45, 2.75) is 318 Å². The number of nitrogens with zero attached hydrogens (tertiary/aromatic N) is 6. The Morgan fingerprint density at radius 2 is 0.514 bits per heavy atom. The fraction of sp³-hybridized carbons (Fsp3) is 0.433. The maximum atomic E-state index is 13.3. The Morgan fingerprint density at radius 3 is 0.777 bits per heavy atom. The summed E-state index contributed by atoms with van der Waals surface area (Å²) < 4.78 is 18.9. The van der Waals surface area contributed by atoms with Crippen molar-refractivity contribution in [2.24, 2.45) is 32.5 Å². The molecule has 6 aromatic carbocycles. The lowest BCUT2D eigenvalue weighted by atomic mass is 9.59. The Kier molecular flexibility index (Phi) is 29.0. The van der Waals surface area contributed by atoms with E-state index in [1.165, 1.54) is 104 Å². The number of Topliss-reactive ketones (excluding diaryl/α,β-unsaturated/α-hetero) is 6. The number of aromatic nitrogens is 6. The van der Waals surface area contributed by atoms with Crippen molar-refractivity contribution < 1.29 is 31.5 Å². The number of allylic oxidation sites excluding steroid dienone is 12. The number of fused-ring (bicyclic) bond motifs is 6. The lowest BCUT2D eigenvalue weighted by molar-refractivity contribution is -0.119. The molecule has 24 rings (SSSR count). The largest absolute Gasteiger partial charge is 0.294 e. The molecule has 3 unspecified atom stereocenters. The SMILES string of the molecule is CCC1(c2cccc(Br)c2)C2=C(Cc3ncsc31)CC(C)(C)CC2=O.CCC1(c2ccccc2)C2=C(Cc3nc(Cl)sc31)CC(C)(C)CC2=O.CC[C@@]1(c2ccc(C)cc2)C2=C(Cc3ncsc31)CC(C)(C)CC2=O.CC[C@@]1(c2cccc(Br)c2)C2=C(Cc3ncsc31)CC(C)(C)CC2=O.[2H]c1nc2c(s1)C(CC)(c1ccccc1)C1=C(C2)CC(C)(C)CC1=O.[2H]c1nc2c(s1)[C@](CC)(c1ccccc1)C1=C(C2)CC(C)(C)CC1=O. The van der Waals surface area contributed by atoms with Crippen molar-refractivity contribution in [3.05, 3.63) is 374 Å². The molecule has 768 valence electrons. The van der Waals surface area contributed by atoms with Gasteiger partial charge in [0.1, 0.15) is 0 Å². The summed E-state index contributed by atoms with van der Waals surface area (Å²) in [6.45, 7) is 41.6. The van der Waals surface area contributed by atoms with Gasteiger partial charge >= 0.3 is 0 Å². The van der Waals surface area contributed by atoms with Crippen molar-refractivity contribution in [3.63, 3.8) is 0 Å². The molecule has 21 heteroatoms. The van der Waals surface area contributed by atoms with Gasteiger partial charge in [0.25, 0.3) is 0 Å². The number of benzene rings is 6. The summed E-state index contributed by atoms with van der Waals surface area (Å²) in [6, 6.07) is 56.8. The van der Waals surface area contributed by atoms with Crippen LogP contribution in [-0.4, -0.2) is 64.6 Å². The summed E-state index contributed by atoms with van der Waals surface area (Å²) in [5.74, 6) is 1.85. The maximum Gasteiger partial charge on any atom is 0.184 e. The van der Waals surface area contributed by atoms with Crippen LogP contribution in [0.15, 0.2) is 267 Å². The van der Waals surface area contributed by atoms with Crippen LogP contribution in [0.5, 0.6) is 0 Å². The topological polar surface area (TPSA) is 180 Å². The van der Waals surface area contributed by atoms with Crippen molar-refractivity contribution in [2.75, 3.05) is 0 Å². The molecule has 0 amide bonds. The minimum atomic E-state index is -0.436. The van der Waals surface area contributed by atoms with Crippen LogP contribution in [0.25, 0.3) is 0 Å². The van der Waals surface area contributed by atoms with Crippen molar-refractivity contribution in [3.8, 4) is 0 Å². The van der Waals surface area contributed by atoms with Gasteiger partial charge in [-0.15, -0.1) is 68.0 Å². The highest BCUT2D eigenvalue weighted by Gasteiger charge is 2.58. The minimum absolute atomic E-state index is 0.00338. The molecule has 0 bridgehead atoms. The van der Waals surface area contributed by atoms with Crippen LogP contribution in [0.2, 0.25) is 4.47 Å². The molecule has 0 saturated carbocycles. The first kappa shape index (κ1) is 105. The zero-order valence-corrected chi connectivity index (χ0v) is 97.8. The van der Waals surface area contributed by atoms with Crippen molar-refractivity contribution in [1.29, 1.82) is 0 Å². The molecule has 0 aliphatic heterocycles. The van der Waals surface area contributed by atoms with Gasteiger partial charge in [0.2, 0.25) is 0 Å². The molecule has 6 aromatic heterocycles. The molecule has 148 heavy (non-hydrogen) atoms. The Balaban J connectivity index is 0.000000113. The van der Waals surface area contributed by atoms with E-state index in [-0.39, 0.29) is 60.3 Å². The van der Waals surface area contributed by atoms with Crippen molar-refractivity contribution >= 4 is 146 Å². The number of carbonyl (C=O) groups is 6. The predicted octanol–water partition coefficient (Wildman–Crippen LogP) is 33.0. The van der Waals surface area contributed by atoms with Crippen LogP contribution in [0.4, 0.5) is 0 Å². The van der Waals surface area contributed by atoms with E-state index < -0.39 is 16.2 Å². The monoisotopic (exact) mass is 2230 g/mol. The number of rotatable bonds is 12. The van der Waals surface area contributed by atoms with Gasteiger partial charge in [0.05, 0.1) is 96.9 Å². The number of aryl methyl sites for hydroxylation is 1. The molecule has 0 radical (unpaired) electrons. The summed E-state index contributed by atoms with van der Waals surface area (Å²) >= 11 is 23.1. The maximum absolute atomic E-state index is 13.3. The second-order valence-corrected chi connectivity index (χ2v) is 55.5. The van der Waals surface area contributed by atoms with Crippen LogP contribution in [0.3, 0.4) is 0 Å². The summed E-state index contributed by atoms with van der Waals surface area (Å²) in [5, 5.41) is 0. The standard InChI is InChI=1S/C22H25NOS.2C21H22BrNOS.C21H22ClNOS.2C21H23NOS/c1-5-22(16-8-6-14(2)7-9-16)19-15(10-17-20(22)25-13-23-17)11-21(3,4)12-18(19)24;2*1-4-21(14-6-5-7-15(22)9-14)18-13(8-16-19(21)25-12-23-16)10-20(2,3)11-17(18)24;1-4-21(14-8-6-5-7-9-14)17-13(11-20(2,3)12-16(17)24)10-15-18(21)25-19(22)23-15;2*1-4-21(15-8-6-5-7-9-15)18-14(10-16-19(21)24-13-22-16)11-20(2,3)12-17(18)23/h6-9,13H,5,10-12H2,1-4H3;2*5-7,9,12H,4,8,10-11H2,1-3H3;5-9H,4,10-12H2,1-3H3;2*5-9,13H,4,10-12H2,1-3H3/t22-;21-;;;21-;/m11..1./s1/i;;;;2*13D. The summed E-state index contributed by atoms with van der Waals surface area (Å²) in [4.78, 5) is 115. The molecular weight excluding hydrogens is 2090 g/mol. The lowest BCUT2D eigenvalue weighted by Gasteiger charge is -2.44. The number of hydrogen-bond acceptors (Lipinski definition) is 18. The Bertz CT molecular complexity index is 7060. The second-order valence-electron chi connectivity index (χ2n) is 47.9. The first-order chi connectivity index (χ1) is 71.2. The molecule has 6 heterocycles. The lowest BCUT2D eigenvalue weighted by Crippen LogP contribution is -2.42. The summed E-state index contributed by atoms with van der Waals surface area (Å²) in [7, 11) is 0.